The van der Waals surface area contributed by atoms with E-state index in [0.717, 1.165) is 24.2 Å². The molecule has 96 valence electrons. The van der Waals surface area contributed by atoms with Gasteiger partial charge >= 0.3 is 0 Å². The van der Waals surface area contributed by atoms with Gasteiger partial charge in [0, 0.05) is 11.6 Å². The van der Waals surface area contributed by atoms with Gasteiger partial charge in [0.2, 0.25) is 0 Å². The summed E-state index contributed by atoms with van der Waals surface area (Å²) >= 11 is 0. The number of imidazole rings is 1. The molecule has 0 bridgehead atoms. The average Bonchev–Trinajstić information content (AvgIpc) is 2.51. The second-order valence-corrected chi connectivity index (χ2v) is 6.88. The molecule has 0 saturated carbocycles. The predicted molar refractivity (Wildman–Crippen MR) is 70.3 cm³/mol. The molecule has 1 aliphatic carbocycles. The van der Waals surface area contributed by atoms with Crippen LogP contribution in [0, 0.1) is 11.2 Å². The smallest absolute Gasteiger partial charge is 0.139 e. The van der Waals surface area contributed by atoms with E-state index in [2.05, 4.69) is 32.7 Å². The van der Waals surface area contributed by atoms with E-state index in [4.69, 9.17) is 0 Å². The fourth-order valence-electron chi connectivity index (χ4n) is 3.70. The molecule has 2 nitrogen and oxygen atoms in total. The van der Waals surface area contributed by atoms with E-state index in [-0.39, 0.29) is 16.6 Å². The molecule has 1 aliphatic rings. The summed E-state index contributed by atoms with van der Waals surface area (Å²) in [7, 11) is 0. The van der Waals surface area contributed by atoms with Crippen LogP contribution in [-0.2, 0) is 11.8 Å². The maximum atomic E-state index is 13.4. The minimum atomic E-state index is -0.205. The van der Waals surface area contributed by atoms with Crippen molar-refractivity contribution in [2.75, 3.05) is 0 Å². The van der Waals surface area contributed by atoms with Crippen molar-refractivity contribution in [3.8, 4) is 0 Å². The van der Waals surface area contributed by atoms with Gasteiger partial charge in [-0.1, -0.05) is 27.7 Å². The van der Waals surface area contributed by atoms with Gasteiger partial charge in [0.25, 0.3) is 0 Å². The van der Waals surface area contributed by atoms with Crippen molar-refractivity contribution in [3.63, 3.8) is 0 Å². The highest BCUT2D eigenvalue weighted by molar-refractivity contribution is 5.46. The molecule has 0 saturated heterocycles. The number of rotatable bonds is 0. The Bertz CT molecular complexity index is 623. The Morgan fingerprint density at radius 2 is 1.94 bits per heavy atom. The summed E-state index contributed by atoms with van der Waals surface area (Å²) in [5, 5.41) is 0. The number of nitrogens with zero attached hydrogens (tertiary/aromatic N) is 2. The molecule has 3 heteroatoms. The summed E-state index contributed by atoms with van der Waals surface area (Å²) in [6, 6.07) is 3.24. The molecule has 0 N–H and O–H groups in total. The predicted octanol–water partition coefficient (Wildman–Crippen LogP) is 3.72. The SMILES string of the molecule is CC1(C)Cc2nc3ccc(F)cn3c2C(C)(C)C1. The van der Waals surface area contributed by atoms with Gasteiger partial charge in [0.05, 0.1) is 11.4 Å². The van der Waals surface area contributed by atoms with E-state index in [9.17, 15) is 4.39 Å². The summed E-state index contributed by atoms with van der Waals surface area (Å²) in [4.78, 5) is 4.68. The van der Waals surface area contributed by atoms with Crippen LogP contribution in [0.3, 0.4) is 0 Å². The van der Waals surface area contributed by atoms with Gasteiger partial charge in [0.15, 0.2) is 0 Å². The molecule has 0 aliphatic heterocycles. The Labute approximate surface area is 107 Å². The van der Waals surface area contributed by atoms with Gasteiger partial charge in [-0.05, 0) is 30.4 Å². The van der Waals surface area contributed by atoms with Gasteiger partial charge in [0.1, 0.15) is 11.5 Å². The third-order valence-corrected chi connectivity index (χ3v) is 3.86. The fraction of sp³-hybridized carbons (Fsp3) is 0.533. The van der Waals surface area contributed by atoms with E-state index >= 15 is 0 Å². The fourth-order valence-corrected chi connectivity index (χ4v) is 3.70. The molecule has 0 atom stereocenters. The highest BCUT2D eigenvalue weighted by atomic mass is 19.1. The zero-order valence-electron chi connectivity index (χ0n) is 11.4. The summed E-state index contributed by atoms with van der Waals surface area (Å²) in [6.07, 6.45) is 3.62. The standard InChI is InChI=1S/C15H19FN2/c1-14(2)7-11-13(15(3,4)9-14)18-8-10(16)5-6-12(18)17-11/h5-6,8H,7,9H2,1-4H3. The van der Waals surface area contributed by atoms with Crippen LogP contribution in [-0.4, -0.2) is 9.38 Å². The summed E-state index contributed by atoms with van der Waals surface area (Å²) < 4.78 is 15.4. The highest BCUT2D eigenvalue weighted by Crippen LogP contribution is 2.45. The van der Waals surface area contributed by atoms with Crippen LogP contribution in [0.25, 0.3) is 5.65 Å². The molecular formula is C15H19FN2. The van der Waals surface area contributed by atoms with Crippen molar-refractivity contribution in [2.24, 2.45) is 5.41 Å². The molecular weight excluding hydrogens is 227 g/mol. The third-order valence-electron chi connectivity index (χ3n) is 3.86. The number of fused-ring (bicyclic) bond motifs is 3. The molecule has 2 aromatic rings. The molecule has 0 spiro atoms. The van der Waals surface area contributed by atoms with Crippen LogP contribution in [0.2, 0.25) is 0 Å². The number of aromatic nitrogens is 2. The first kappa shape index (κ1) is 11.7. The van der Waals surface area contributed by atoms with E-state index < -0.39 is 0 Å². The Balaban J connectivity index is 2.32. The van der Waals surface area contributed by atoms with Crippen molar-refractivity contribution >= 4 is 5.65 Å². The Kier molecular flexibility index (Phi) is 2.17. The van der Waals surface area contributed by atoms with E-state index in [1.807, 2.05) is 4.40 Å². The van der Waals surface area contributed by atoms with Crippen molar-refractivity contribution in [1.82, 2.24) is 9.38 Å². The van der Waals surface area contributed by atoms with E-state index in [1.165, 1.54) is 11.8 Å². The monoisotopic (exact) mass is 246 g/mol. The van der Waals surface area contributed by atoms with Gasteiger partial charge < -0.3 is 4.40 Å². The zero-order valence-corrected chi connectivity index (χ0v) is 11.4. The minimum Gasteiger partial charge on any atom is -0.300 e. The quantitative estimate of drug-likeness (QED) is 0.692. The Morgan fingerprint density at radius 1 is 1.22 bits per heavy atom. The van der Waals surface area contributed by atoms with Crippen LogP contribution < -0.4 is 0 Å². The lowest BCUT2D eigenvalue weighted by Crippen LogP contribution is -2.35. The summed E-state index contributed by atoms with van der Waals surface area (Å²) in [6.45, 7) is 9.02. The first-order valence-corrected chi connectivity index (χ1v) is 6.46. The first-order chi connectivity index (χ1) is 8.28. The number of hydrogen-bond donors (Lipinski definition) is 0. The van der Waals surface area contributed by atoms with Crippen LogP contribution in [0.4, 0.5) is 4.39 Å². The lowest BCUT2D eigenvalue weighted by molar-refractivity contribution is 0.224. The summed E-state index contributed by atoms with van der Waals surface area (Å²) in [5.74, 6) is -0.205. The van der Waals surface area contributed by atoms with E-state index in [1.54, 1.807) is 12.3 Å². The van der Waals surface area contributed by atoms with Crippen molar-refractivity contribution < 1.29 is 4.39 Å². The second kappa shape index (κ2) is 3.34. The van der Waals surface area contributed by atoms with Crippen molar-refractivity contribution in [3.05, 3.63) is 35.5 Å². The lowest BCUT2D eigenvalue weighted by Gasteiger charge is -2.40. The molecule has 0 aromatic carbocycles. The zero-order chi connectivity index (χ0) is 13.1. The van der Waals surface area contributed by atoms with Crippen LogP contribution in [0.15, 0.2) is 18.3 Å². The molecule has 2 aromatic heterocycles. The minimum absolute atomic E-state index is 0.0320. The van der Waals surface area contributed by atoms with Gasteiger partial charge in [-0.15, -0.1) is 0 Å². The summed E-state index contributed by atoms with van der Waals surface area (Å²) in [5.41, 5.74) is 3.45. The van der Waals surface area contributed by atoms with Gasteiger partial charge in [-0.3, -0.25) is 0 Å². The van der Waals surface area contributed by atoms with E-state index in [0.29, 0.717) is 0 Å². The van der Waals surface area contributed by atoms with Crippen LogP contribution >= 0.6 is 0 Å². The third kappa shape index (κ3) is 1.64. The molecule has 2 heterocycles. The van der Waals surface area contributed by atoms with Gasteiger partial charge in [-0.2, -0.15) is 0 Å². The topological polar surface area (TPSA) is 17.3 Å². The number of pyridine rings is 1. The van der Waals surface area contributed by atoms with Crippen LogP contribution in [0.5, 0.6) is 0 Å². The normalized spacial score (nSPS) is 20.9. The molecule has 3 rings (SSSR count). The Morgan fingerprint density at radius 3 is 2.67 bits per heavy atom. The van der Waals surface area contributed by atoms with Crippen molar-refractivity contribution in [1.29, 1.82) is 0 Å². The Hall–Kier alpha value is -1.38. The number of hydrogen-bond acceptors (Lipinski definition) is 1. The second-order valence-electron chi connectivity index (χ2n) is 6.88. The molecule has 0 radical (unpaired) electrons. The number of halogens is 1. The van der Waals surface area contributed by atoms with Crippen molar-refractivity contribution in [2.45, 2.75) is 46.0 Å². The lowest BCUT2D eigenvalue weighted by atomic mass is 9.66. The largest absolute Gasteiger partial charge is 0.300 e. The van der Waals surface area contributed by atoms with Crippen LogP contribution in [0.1, 0.15) is 45.5 Å². The molecule has 0 fully saturated rings. The molecule has 0 unspecified atom stereocenters. The average molecular weight is 246 g/mol. The highest BCUT2D eigenvalue weighted by Gasteiger charge is 2.40. The first-order valence-electron chi connectivity index (χ1n) is 6.46. The maximum absolute atomic E-state index is 13.4. The molecule has 18 heavy (non-hydrogen) atoms. The van der Waals surface area contributed by atoms with Gasteiger partial charge in [-0.25, -0.2) is 9.37 Å². The maximum Gasteiger partial charge on any atom is 0.139 e. The molecule has 0 amide bonds.